The highest BCUT2D eigenvalue weighted by atomic mass is 15.2. The SMILES string of the molecule is N=C1CC[C@H]2CCCN12. The zero-order valence-electron chi connectivity index (χ0n) is 5.56. The molecule has 2 nitrogen and oxygen atoms in total. The molecule has 0 aliphatic carbocycles. The molecule has 0 saturated carbocycles. The van der Waals surface area contributed by atoms with Crippen molar-refractivity contribution in [2.45, 2.75) is 31.7 Å². The Hall–Kier alpha value is -0.530. The van der Waals surface area contributed by atoms with Gasteiger partial charge in [-0.3, -0.25) is 5.41 Å². The van der Waals surface area contributed by atoms with Crippen LogP contribution in [0.1, 0.15) is 25.7 Å². The zero-order chi connectivity index (χ0) is 6.27. The summed E-state index contributed by atoms with van der Waals surface area (Å²) in [7, 11) is 0. The Kier molecular flexibility index (Phi) is 1.01. The Morgan fingerprint density at radius 1 is 1.44 bits per heavy atom. The van der Waals surface area contributed by atoms with E-state index in [2.05, 4.69) is 4.90 Å². The Morgan fingerprint density at radius 2 is 2.33 bits per heavy atom. The van der Waals surface area contributed by atoms with Crippen molar-refractivity contribution in [1.29, 1.82) is 5.41 Å². The number of rotatable bonds is 0. The van der Waals surface area contributed by atoms with Crippen molar-refractivity contribution >= 4 is 5.84 Å². The summed E-state index contributed by atoms with van der Waals surface area (Å²) in [6.45, 7) is 1.16. The Labute approximate surface area is 55.4 Å². The molecule has 1 atom stereocenters. The van der Waals surface area contributed by atoms with Crippen LogP contribution in [0.5, 0.6) is 0 Å². The van der Waals surface area contributed by atoms with Gasteiger partial charge in [0.15, 0.2) is 0 Å². The second kappa shape index (κ2) is 1.72. The van der Waals surface area contributed by atoms with Crippen molar-refractivity contribution in [1.82, 2.24) is 4.90 Å². The molecule has 2 aliphatic heterocycles. The highest BCUT2D eigenvalue weighted by Gasteiger charge is 2.31. The second-order valence-electron chi connectivity index (χ2n) is 2.97. The molecule has 0 spiro atoms. The van der Waals surface area contributed by atoms with Crippen molar-refractivity contribution in [3.63, 3.8) is 0 Å². The van der Waals surface area contributed by atoms with Gasteiger partial charge in [0.05, 0.1) is 5.84 Å². The number of hydrogen-bond acceptors (Lipinski definition) is 1. The first-order valence-corrected chi connectivity index (χ1v) is 3.72. The maximum atomic E-state index is 7.50. The maximum Gasteiger partial charge on any atom is 0.0960 e. The smallest absolute Gasteiger partial charge is 0.0960 e. The molecule has 0 amide bonds. The molecule has 2 heteroatoms. The Bertz CT molecular complexity index is 142. The van der Waals surface area contributed by atoms with E-state index >= 15 is 0 Å². The largest absolute Gasteiger partial charge is 0.358 e. The fraction of sp³-hybridized carbons (Fsp3) is 0.857. The van der Waals surface area contributed by atoms with Crippen LogP contribution in [-0.2, 0) is 0 Å². The lowest BCUT2D eigenvalue weighted by atomic mass is 10.2. The Balaban J connectivity index is 2.15. The first-order valence-electron chi connectivity index (χ1n) is 3.72. The lowest BCUT2D eigenvalue weighted by Crippen LogP contribution is -2.25. The summed E-state index contributed by atoms with van der Waals surface area (Å²) in [4.78, 5) is 2.26. The van der Waals surface area contributed by atoms with Gasteiger partial charge in [-0.1, -0.05) is 0 Å². The maximum absolute atomic E-state index is 7.50. The zero-order valence-corrected chi connectivity index (χ0v) is 5.56. The monoisotopic (exact) mass is 124 g/mol. The summed E-state index contributed by atoms with van der Waals surface area (Å²) in [5, 5.41) is 7.50. The summed E-state index contributed by atoms with van der Waals surface area (Å²) in [5.74, 6) is 0.887. The molecule has 0 unspecified atom stereocenters. The van der Waals surface area contributed by atoms with Crippen molar-refractivity contribution in [3.05, 3.63) is 0 Å². The molecule has 50 valence electrons. The molecule has 0 bridgehead atoms. The molecule has 0 radical (unpaired) electrons. The van der Waals surface area contributed by atoms with Gasteiger partial charge in [-0.2, -0.15) is 0 Å². The molecule has 2 aliphatic rings. The topological polar surface area (TPSA) is 27.1 Å². The molecular weight excluding hydrogens is 112 g/mol. The van der Waals surface area contributed by atoms with E-state index in [0.717, 1.165) is 24.8 Å². The van der Waals surface area contributed by atoms with Crippen LogP contribution in [0.25, 0.3) is 0 Å². The fourth-order valence-electron chi connectivity index (χ4n) is 1.94. The third-order valence-corrected chi connectivity index (χ3v) is 2.44. The minimum absolute atomic E-state index is 0.762. The number of nitrogens with zero attached hydrogens (tertiary/aromatic N) is 1. The highest BCUT2D eigenvalue weighted by Crippen LogP contribution is 2.28. The lowest BCUT2D eigenvalue weighted by Gasteiger charge is -2.15. The lowest BCUT2D eigenvalue weighted by molar-refractivity contribution is 0.420. The van der Waals surface area contributed by atoms with Crippen LogP contribution < -0.4 is 0 Å². The predicted molar refractivity (Wildman–Crippen MR) is 36.7 cm³/mol. The fourth-order valence-corrected chi connectivity index (χ4v) is 1.94. The Morgan fingerprint density at radius 3 is 3.11 bits per heavy atom. The van der Waals surface area contributed by atoms with Crippen molar-refractivity contribution in [3.8, 4) is 0 Å². The van der Waals surface area contributed by atoms with Crippen LogP contribution in [0.2, 0.25) is 0 Å². The normalized spacial score (nSPS) is 33.6. The number of nitrogens with one attached hydrogen (secondary N) is 1. The number of fused-ring (bicyclic) bond motifs is 1. The summed E-state index contributed by atoms with van der Waals surface area (Å²) >= 11 is 0. The van der Waals surface area contributed by atoms with Crippen LogP contribution in [0.3, 0.4) is 0 Å². The van der Waals surface area contributed by atoms with Crippen LogP contribution in [0.15, 0.2) is 0 Å². The average molecular weight is 124 g/mol. The van der Waals surface area contributed by atoms with Crippen LogP contribution in [0.4, 0.5) is 0 Å². The van der Waals surface area contributed by atoms with Gasteiger partial charge < -0.3 is 4.90 Å². The summed E-state index contributed by atoms with van der Waals surface area (Å²) in [5.41, 5.74) is 0. The third kappa shape index (κ3) is 0.655. The van der Waals surface area contributed by atoms with E-state index in [-0.39, 0.29) is 0 Å². The summed E-state index contributed by atoms with van der Waals surface area (Å²) < 4.78 is 0. The van der Waals surface area contributed by atoms with Gasteiger partial charge in [0.25, 0.3) is 0 Å². The minimum Gasteiger partial charge on any atom is -0.358 e. The molecule has 0 aromatic carbocycles. The van der Waals surface area contributed by atoms with Gasteiger partial charge in [-0.15, -0.1) is 0 Å². The first-order chi connectivity index (χ1) is 4.38. The standard InChI is InChI=1S/C7H12N2/c8-7-4-3-6-2-1-5-9(6)7/h6,8H,1-5H2/t6-/m1/s1. The van der Waals surface area contributed by atoms with Crippen LogP contribution in [0, 0.1) is 5.41 Å². The molecule has 2 saturated heterocycles. The molecular formula is C7H12N2. The predicted octanol–water partition coefficient (Wildman–Crippen LogP) is 1.22. The number of hydrogen-bond donors (Lipinski definition) is 1. The van der Waals surface area contributed by atoms with E-state index in [0.29, 0.717) is 0 Å². The van der Waals surface area contributed by atoms with Gasteiger partial charge >= 0.3 is 0 Å². The highest BCUT2D eigenvalue weighted by molar-refractivity contribution is 5.81. The van der Waals surface area contributed by atoms with Crippen molar-refractivity contribution in [2.24, 2.45) is 0 Å². The molecule has 0 aromatic heterocycles. The molecule has 1 N–H and O–H groups in total. The summed E-state index contributed by atoms with van der Waals surface area (Å²) in [6, 6.07) is 0.762. The summed E-state index contributed by atoms with van der Waals surface area (Å²) in [6.07, 6.45) is 4.93. The van der Waals surface area contributed by atoms with E-state index in [1.807, 2.05) is 0 Å². The van der Waals surface area contributed by atoms with E-state index in [9.17, 15) is 0 Å². The van der Waals surface area contributed by atoms with E-state index in [1.54, 1.807) is 0 Å². The van der Waals surface area contributed by atoms with Crippen LogP contribution >= 0.6 is 0 Å². The van der Waals surface area contributed by atoms with E-state index in [4.69, 9.17) is 5.41 Å². The third-order valence-electron chi connectivity index (χ3n) is 2.44. The molecule has 9 heavy (non-hydrogen) atoms. The quantitative estimate of drug-likeness (QED) is 0.516. The molecule has 2 heterocycles. The van der Waals surface area contributed by atoms with Gasteiger partial charge in [0, 0.05) is 19.0 Å². The van der Waals surface area contributed by atoms with Crippen LogP contribution in [-0.4, -0.2) is 23.3 Å². The van der Waals surface area contributed by atoms with Gasteiger partial charge in [-0.25, -0.2) is 0 Å². The van der Waals surface area contributed by atoms with Gasteiger partial charge in [-0.05, 0) is 19.3 Å². The van der Waals surface area contributed by atoms with Gasteiger partial charge in [0.1, 0.15) is 0 Å². The molecule has 2 rings (SSSR count). The van der Waals surface area contributed by atoms with E-state index < -0.39 is 0 Å². The van der Waals surface area contributed by atoms with E-state index in [1.165, 1.54) is 19.3 Å². The van der Waals surface area contributed by atoms with Crippen molar-refractivity contribution < 1.29 is 0 Å². The van der Waals surface area contributed by atoms with Gasteiger partial charge in [0.2, 0.25) is 0 Å². The van der Waals surface area contributed by atoms with Crippen molar-refractivity contribution in [2.75, 3.05) is 6.54 Å². The second-order valence-corrected chi connectivity index (χ2v) is 2.97. The minimum atomic E-state index is 0.762. The number of amidine groups is 1. The average Bonchev–Trinajstić information content (AvgIpc) is 2.35. The first kappa shape index (κ1) is 5.27. The molecule has 2 fully saturated rings. The molecule has 0 aromatic rings.